The molecule has 2 aromatic rings. The van der Waals surface area contributed by atoms with Crippen molar-refractivity contribution in [2.24, 2.45) is 0 Å². The number of piperidine rings is 1. The largest absolute Gasteiger partial charge is 0.444 e. The van der Waals surface area contributed by atoms with E-state index < -0.39 is 5.60 Å². The van der Waals surface area contributed by atoms with Gasteiger partial charge in [0.1, 0.15) is 5.60 Å². The fraction of sp³-hybridized carbons (Fsp3) is 0.556. The van der Waals surface area contributed by atoms with Gasteiger partial charge in [-0.1, -0.05) is 11.6 Å². The summed E-state index contributed by atoms with van der Waals surface area (Å²) in [6.07, 6.45) is 1.64. The molecule has 124 valence electrons. The maximum absolute atomic E-state index is 12.1. The van der Waals surface area contributed by atoms with E-state index in [4.69, 9.17) is 4.74 Å². The van der Waals surface area contributed by atoms with E-state index in [2.05, 4.69) is 35.3 Å². The molecule has 0 bridgehead atoms. The number of benzene rings is 1. The number of likely N-dealkylation sites (tertiary alicyclic amines) is 1. The molecule has 5 nitrogen and oxygen atoms in total. The Hall–Kier alpha value is -2.04. The van der Waals surface area contributed by atoms with Crippen molar-refractivity contribution in [1.29, 1.82) is 0 Å². The lowest BCUT2D eigenvalue weighted by Crippen LogP contribution is -2.41. The SMILES string of the molecule is Cc1ccc2[nH]nc(C3CCN(C(=O)OC(C)(C)C)CC3)c2c1. The van der Waals surface area contributed by atoms with Gasteiger partial charge < -0.3 is 9.64 Å². The third-order valence-electron chi connectivity index (χ3n) is 4.28. The highest BCUT2D eigenvalue weighted by molar-refractivity contribution is 5.82. The average molecular weight is 315 g/mol. The molecule has 1 aliphatic rings. The quantitative estimate of drug-likeness (QED) is 0.865. The lowest BCUT2D eigenvalue weighted by molar-refractivity contribution is 0.0204. The van der Waals surface area contributed by atoms with Gasteiger partial charge in [-0.2, -0.15) is 5.10 Å². The number of nitrogens with zero attached hydrogens (tertiary/aromatic N) is 2. The predicted octanol–water partition coefficient (Wildman–Crippen LogP) is 3.99. The van der Waals surface area contributed by atoms with Crippen molar-refractivity contribution in [1.82, 2.24) is 15.1 Å². The number of aromatic amines is 1. The minimum Gasteiger partial charge on any atom is -0.444 e. The van der Waals surface area contributed by atoms with Gasteiger partial charge >= 0.3 is 6.09 Å². The van der Waals surface area contributed by atoms with Crippen LogP contribution in [-0.4, -0.2) is 39.9 Å². The van der Waals surface area contributed by atoms with Crippen LogP contribution in [0, 0.1) is 6.92 Å². The van der Waals surface area contributed by atoms with Crippen molar-refractivity contribution < 1.29 is 9.53 Å². The van der Waals surface area contributed by atoms with E-state index in [-0.39, 0.29) is 6.09 Å². The molecule has 0 saturated carbocycles. The summed E-state index contributed by atoms with van der Waals surface area (Å²) in [4.78, 5) is 14.0. The van der Waals surface area contributed by atoms with E-state index in [9.17, 15) is 4.79 Å². The Bertz CT molecular complexity index is 707. The van der Waals surface area contributed by atoms with Gasteiger partial charge in [0.15, 0.2) is 0 Å². The second-order valence-electron chi connectivity index (χ2n) is 7.40. The van der Waals surface area contributed by atoms with Gasteiger partial charge in [-0.3, -0.25) is 5.10 Å². The zero-order chi connectivity index (χ0) is 16.6. The topological polar surface area (TPSA) is 58.2 Å². The van der Waals surface area contributed by atoms with Gasteiger partial charge in [0.2, 0.25) is 0 Å². The highest BCUT2D eigenvalue weighted by atomic mass is 16.6. The molecule has 23 heavy (non-hydrogen) atoms. The van der Waals surface area contributed by atoms with Crippen molar-refractivity contribution in [2.45, 2.75) is 52.1 Å². The second-order valence-corrected chi connectivity index (χ2v) is 7.40. The Labute approximate surface area is 137 Å². The monoisotopic (exact) mass is 315 g/mol. The molecule has 3 rings (SSSR count). The fourth-order valence-electron chi connectivity index (χ4n) is 3.12. The fourth-order valence-corrected chi connectivity index (χ4v) is 3.12. The highest BCUT2D eigenvalue weighted by Gasteiger charge is 2.29. The normalized spacial score (nSPS) is 16.8. The number of ether oxygens (including phenoxy) is 1. The molecular formula is C18H25N3O2. The molecule has 1 aromatic heterocycles. The molecule has 1 fully saturated rings. The van der Waals surface area contributed by atoms with Crippen molar-refractivity contribution >= 4 is 17.0 Å². The van der Waals surface area contributed by atoms with Crippen LogP contribution in [-0.2, 0) is 4.74 Å². The van der Waals surface area contributed by atoms with Crippen molar-refractivity contribution in [3.8, 4) is 0 Å². The number of fused-ring (bicyclic) bond motifs is 1. The summed E-state index contributed by atoms with van der Waals surface area (Å²) in [6.45, 7) is 9.24. The van der Waals surface area contributed by atoms with E-state index >= 15 is 0 Å². The number of aryl methyl sites for hydroxylation is 1. The molecule has 1 aliphatic heterocycles. The van der Waals surface area contributed by atoms with Gasteiger partial charge in [0.05, 0.1) is 11.2 Å². The number of aromatic nitrogens is 2. The smallest absolute Gasteiger partial charge is 0.410 e. The molecule has 0 spiro atoms. The van der Waals surface area contributed by atoms with E-state index in [1.54, 1.807) is 0 Å². The number of hydrogen-bond acceptors (Lipinski definition) is 3. The zero-order valence-electron chi connectivity index (χ0n) is 14.3. The lowest BCUT2D eigenvalue weighted by atomic mass is 9.91. The first-order chi connectivity index (χ1) is 10.8. The van der Waals surface area contributed by atoms with Crippen LogP contribution in [0.2, 0.25) is 0 Å². The van der Waals surface area contributed by atoms with Crippen molar-refractivity contribution in [2.75, 3.05) is 13.1 Å². The van der Waals surface area contributed by atoms with E-state index in [0.29, 0.717) is 5.92 Å². The van der Waals surface area contributed by atoms with Gasteiger partial charge in [0, 0.05) is 24.4 Å². The van der Waals surface area contributed by atoms with Gasteiger partial charge in [-0.05, 0) is 52.7 Å². The number of hydrogen-bond donors (Lipinski definition) is 1. The summed E-state index contributed by atoms with van der Waals surface area (Å²) in [6, 6.07) is 6.36. The summed E-state index contributed by atoms with van der Waals surface area (Å²) in [5.74, 6) is 0.393. The Kier molecular flexibility index (Phi) is 4.04. The zero-order valence-corrected chi connectivity index (χ0v) is 14.3. The van der Waals surface area contributed by atoms with Crippen LogP contribution in [0.3, 0.4) is 0 Å². The number of carbonyl (C=O) groups excluding carboxylic acids is 1. The Morgan fingerprint density at radius 1 is 1.30 bits per heavy atom. The number of nitrogens with one attached hydrogen (secondary N) is 1. The van der Waals surface area contributed by atoms with Crippen molar-refractivity contribution in [3.05, 3.63) is 29.5 Å². The third-order valence-corrected chi connectivity index (χ3v) is 4.28. The number of carbonyl (C=O) groups is 1. The first-order valence-corrected chi connectivity index (χ1v) is 8.26. The molecule has 0 aliphatic carbocycles. The van der Waals surface area contributed by atoms with Crippen LogP contribution in [0.25, 0.3) is 10.9 Å². The number of H-pyrrole nitrogens is 1. The molecule has 1 aromatic carbocycles. The number of amides is 1. The Morgan fingerprint density at radius 2 is 2.00 bits per heavy atom. The van der Waals surface area contributed by atoms with Gasteiger partial charge in [0.25, 0.3) is 0 Å². The van der Waals surface area contributed by atoms with Crippen LogP contribution in [0.1, 0.15) is 50.8 Å². The van der Waals surface area contributed by atoms with Crippen LogP contribution < -0.4 is 0 Å². The predicted molar refractivity (Wildman–Crippen MR) is 90.6 cm³/mol. The Morgan fingerprint density at radius 3 is 2.65 bits per heavy atom. The van der Waals surface area contributed by atoms with Crippen LogP contribution in [0.5, 0.6) is 0 Å². The van der Waals surface area contributed by atoms with Crippen LogP contribution in [0.4, 0.5) is 4.79 Å². The molecule has 2 heterocycles. The minimum atomic E-state index is -0.441. The first-order valence-electron chi connectivity index (χ1n) is 8.26. The first kappa shape index (κ1) is 15.8. The molecule has 1 amide bonds. The molecular weight excluding hydrogens is 290 g/mol. The lowest BCUT2D eigenvalue weighted by Gasteiger charge is -2.33. The van der Waals surface area contributed by atoms with Crippen LogP contribution >= 0.6 is 0 Å². The van der Waals surface area contributed by atoms with Gasteiger partial charge in [-0.25, -0.2) is 4.79 Å². The highest BCUT2D eigenvalue weighted by Crippen LogP contribution is 2.32. The average Bonchev–Trinajstić information content (AvgIpc) is 2.88. The van der Waals surface area contributed by atoms with E-state index in [1.165, 1.54) is 10.9 Å². The second kappa shape index (κ2) is 5.87. The molecule has 0 radical (unpaired) electrons. The number of rotatable bonds is 1. The summed E-state index contributed by atoms with van der Waals surface area (Å²) < 4.78 is 5.45. The summed E-state index contributed by atoms with van der Waals surface area (Å²) in [5.41, 5.74) is 3.02. The molecule has 1 saturated heterocycles. The summed E-state index contributed by atoms with van der Waals surface area (Å²) in [5, 5.41) is 8.86. The Balaban J connectivity index is 1.69. The maximum Gasteiger partial charge on any atom is 0.410 e. The molecule has 0 atom stereocenters. The maximum atomic E-state index is 12.1. The molecule has 1 N–H and O–H groups in total. The molecule has 5 heteroatoms. The van der Waals surface area contributed by atoms with Gasteiger partial charge in [-0.15, -0.1) is 0 Å². The van der Waals surface area contributed by atoms with Crippen LogP contribution in [0.15, 0.2) is 18.2 Å². The minimum absolute atomic E-state index is 0.210. The van der Waals surface area contributed by atoms with Crippen molar-refractivity contribution in [3.63, 3.8) is 0 Å². The third kappa shape index (κ3) is 3.49. The van der Waals surface area contributed by atoms with E-state index in [0.717, 1.165) is 37.1 Å². The summed E-state index contributed by atoms with van der Waals surface area (Å²) in [7, 11) is 0. The standard InChI is InChI=1S/C18H25N3O2/c1-12-5-6-15-14(11-12)16(20-19-15)13-7-9-21(10-8-13)17(22)23-18(2,3)4/h5-6,11,13H,7-10H2,1-4H3,(H,19,20). The van der Waals surface area contributed by atoms with E-state index in [1.807, 2.05) is 25.7 Å². The molecule has 0 unspecified atom stereocenters. The summed E-state index contributed by atoms with van der Waals surface area (Å²) >= 11 is 0.